The number of anilines is 1. The van der Waals surface area contributed by atoms with Gasteiger partial charge in [0.05, 0.1) is 32.5 Å². The highest BCUT2D eigenvalue weighted by atomic mass is 32.2. The molecule has 2 aromatic rings. The number of amides is 1. The Kier molecular flexibility index (Phi) is 6.28. The molecule has 1 fully saturated rings. The van der Waals surface area contributed by atoms with Gasteiger partial charge in [-0.3, -0.25) is 4.79 Å². The Balaban J connectivity index is 1.93. The van der Waals surface area contributed by atoms with Crippen LogP contribution in [0.1, 0.15) is 24.3 Å². The van der Waals surface area contributed by atoms with Gasteiger partial charge in [0.2, 0.25) is 0 Å². The van der Waals surface area contributed by atoms with E-state index in [-0.39, 0.29) is 24.2 Å². The summed E-state index contributed by atoms with van der Waals surface area (Å²) in [5.41, 5.74) is 1.44. The van der Waals surface area contributed by atoms with Crippen LogP contribution in [0, 0.1) is 0 Å². The summed E-state index contributed by atoms with van der Waals surface area (Å²) in [5, 5.41) is 3.69. The first-order chi connectivity index (χ1) is 13.0. The second-order valence-electron chi connectivity index (χ2n) is 6.49. The molecule has 2 heterocycles. The number of hydrogen-bond acceptors (Lipinski definition) is 5. The van der Waals surface area contributed by atoms with Gasteiger partial charge in [0, 0.05) is 22.4 Å². The lowest BCUT2D eigenvalue weighted by molar-refractivity contribution is -0.910. The summed E-state index contributed by atoms with van der Waals surface area (Å²) in [4.78, 5) is 29.6. The van der Waals surface area contributed by atoms with Crippen molar-refractivity contribution in [2.75, 3.05) is 43.6 Å². The summed E-state index contributed by atoms with van der Waals surface area (Å²) < 4.78 is 10.4. The van der Waals surface area contributed by atoms with Crippen LogP contribution < -0.4 is 15.0 Å². The SMILES string of the molecule is CCOC(=O)c1[nH]c2ccc(OC)cc2c1NC(=O)[C@H](C)[NH+]1CCSCC1. The Hall–Kier alpha value is -2.19. The van der Waals surface area contributed by atoms with Gasteiger partial charge in [0.1, 0.15) is 11.4 Å². The van der Waals surface area contributed by atoms with Crippen molar-refractivity contribution in [2.45, 2.75) is 19.9 Å². The average molecular weight is 393 g/mol. The van der Waals surface area contributed by atoms with Gasteiger partial charge in [-0.1, -0.05) is 0 Å². The van der Waals surface area contributed by atoms with Gasteiger partial charge >= 0.3 is 5.97 Å². The number of fused-ring (bicyclic) bond motifs is 1. The minimum atomic E-state index is -0.489. The van der Waals surface area contributed by atoms with E-state index >= 15 is 0 Å². The topological polar surface area (TPSA) is 84.9 Å². The predicted molar refractivity (Wildman–Crippen MR) is 107 cm³/mol. The highest BCUT2D eigenvalue weighted by Crippen LogP contribution is 2.31. The maximum atomic E-state index is 12.9. The number of thioether (sulfide) groups is 1. The minimum Gasteiger partial charge on any atom is -0.497 e. The van der Waals surface area contributed by atoms with Crippen molar-refractivity contribution < 1.29 is 24.0 Å². The van der Waals surface area contributed by atoms with E-state index < -0.39 is 5.97 Å². The molecule has 0 radical (unpaired) electrons. The van der Waals surface area contributed by atoms with Gasteiger partial charge in [0.15, 0.2) is 6.04 Å². The number of quaternary nitrogens is 1. The lowest BCUT2D eigenvalue weighted by Gasteiger charge is -2.28. The number of aromatic nitrogens is 1. The number of H-pyrrole nitrogens is 1. The molecule has 1 aromatic carbocycles. The van der Waals surface area contributed by atoms with Crippen LogP contribution in [-0.4, -0.2) is 61.2 Å². The fraction of sp³-hybridized carbons (Fsp3) is 0.474. The molecule has 1 aliphatic rings. The van der Waals surface area contributed by atoms with Crippen molar-refractivity contribution in [3.8, 4) is 5.75 Å². The van der Waals surface area contributed by atoms with Gasteiger partial charge < -0.3 is 24.7 Å². The normalized spacial score (nSPS) is 16.1. The Morgan fingerprint density at radius 1 is 1.33 bits per heavy atom. The monoisotopic (exact) mass is 392 g/mol. The van der Waals surface area contributed by atoms with E-state index in [0.29, 0.717) is 11.4 Å². The summed E-state index contributed by atoms with van der Waals surface area (Å²) in [7, 11) is 1.58. The maximum absolute atomic E-state index is 12.9. The zero-order valence-corrected chi connectivity index (χ0v) is 16.7. The fourth-order valence-electron chi connectivity index (χ4n) is 3.27. The number of carbonyl (C=O) groups excluding carboxylic acids is 2. The Morgan fingerprint density at radius 3 is 2.74 bits per heavy atom. The Labute approximate surface area is 162 Å². The molecule has 1 saturated heterocycles. The van der Waals surface area contributed by atoms with Crippen LogP contribution in [0.3, 0.4) is 0 Å². The van der Waals surface area contributed by atoms with Gasteiger partial charge in [-0.25, -0.2) is 4.79 Å². The van der Waals surface area contributed by atoms with Crippen LogP contribution in [0.4, 0.5) is 5.69 Å². The first-order valence-electron chi connectivity index (χ1n) is 9.15. The molecule has 3 rings (SSSR count). The van der Waals surface area contributed by atoms with Crippen molar-refractivity contribution in [3.63, 3.8) is 0 Å². The van der Waals surface area contributed by atoms with E-state index in [0.717, 1.165) is 35.5 Å². The van der Waals surface area contributed by atoms with Crippen molar-refractivity contribution in [3.05, 3.63) is 23.9 Å². The summed E-state index contributed by atoms with van der Waals surface area (Å²) in [6, 6.07) is 5.23. The number of nitrogens with one attached hydrogen (secondary N) is 3. The quantitative estimate of drug-likeness (QED) is 0.646. The molecule has 0 spiro atoms. The third-order valence-electron chi connectivity index (χ3n) is 4.87. The summed E-state index contributed by atoms with van der Waals surface area (Å²) in [6.45, 7) is 5.87. The van der Waals surface area contributed by atoms with E-state index in [4.69, 9.17) is 9.47 Å². The van der Waals surface area contributed by atoms with Crippen LogP contribution in [0.15, 0.2) is 18.2 Å². The van der Waals surface area contributed by atoms with E-state index in [1.54, 1.807) is 26.2 Å². The zero-order chi connectivity index (χ0) is 19.4. The number of benzene rings is 1. The largest absolute Gasteiger partial charge is 0.497 e. The van der Waals surface area contributed by atoms with Crippen LogP contribution in [-0.2, 0) is 9.53 Å². The molecule has 27 heavy (non-hydrogen) atoms. The summed E-state index contributed by atoms with van der Waals surface area (Å²) in [6.07, 6.45) is 0. The molecular weight excluding hydrogens is 366 g/mol. The van der Waals surface area contributed by atoms with E-state index in [2.05, 4.69) is 10.3 Å². The predicted octanol–water partition coefficient (Wildman–Crippen LogP) is 1.31. The van der Waals surface area contributed by atoms with Gasteiger partial charge in [-0.2, -0.15) is 11.8 Å². The summed E-state index contributed by atoms with van der Waals surface area (Å²) in [5.74, 6) is 2.18. The molecule has 1 amide bonds. The van der Waals surface area contributed by atoms with Gasteiger partial charge in [-0.05, 0) is 32.0 Å². The second kappa shape index (κ2) is 8.67. The first-order valence-corrected chi connectivity index (χ1v) is 10.3. The minimum absolute atomic E-state index is 0.105. The average Bonchev–Trinajstić information content (AvgIpc) is 3.05. The van der Waals surface area contributed by atoms with Gasteiger partial charge in [-0.15, -0.1) is 0 Å². The first kappa shape index (κ1) is 19.6. The second-order valence-corrected chi connectivity index (χ2v) is 7.71. The lowest BCUT2D eigenvalue weighted by Crippen LogP contribution is -3.18. The molecule has 0 bridgehead atoms. The van der Waals surface area contributed by atoms with Crippen molar-refractivity contribution in [2.24, 2.45) is 0 Å². The van der Waals surface area contributed by atoms with E-state index in [1.807, 2.05) is 24.8 Å². The molecule has 8 heteroatoms. The number of hydrogen-bond donors (Lipinski definition) is 3. The number of esters is 1. The van der Waals surface area contributed by atoms with Crippen LogP contribution in [0.2, 0.25) is 0 Å². The van der Waals surface area contributed by atoms with Crippen LogP contribution in [0.5, 0.6) is 5.75 Å². The van der Waals surface area contributed by atoms with Crippen LogP contribution >= 0.6 is 11.8 Å². The molecule has 1 aromatic heterocycles. The molecule has 146 valence electrons. The number of methoxy groups -OCH3 is 1. The van der Waals surface area contributed by atoms with E-state index in [9.17, 15) is 9.59 Å². The van der Waals surface area contributed by atoms with Crippen molar-refractivity contribution >= 4 is 40.2 Å². The fourth-order valence-corrected chi connectivity index (χ4v) is 4.28. The van der Waals surface area contributed by atoms with E-state index in [1.165, 1.54) is 4.90 Å². The molecule has 7 nitrogen and oxygen atoms in total. The summed E-state index contributed by atoms with van der Waals surface area (Å²) >= 11 is 1.92. The van der Waals surface area contributed by atoms with Crippen molar-refractivity contribution in [1.29, 1.82) is 0 Å². The third kappa shape index (κ3) is 4.22. The molecule has 0 aliphatic carbocycles. The molecule has 0 saturated carbocycles. The number of ether oxygens (including phenoxy) is 2. The highest BCUT2D eigenvalue weighted by Gasteiger charge is 2.29. The number of rotatable bonds is 6. The Morgan fingerprint density at radius 2 is 2.07 bits per heavy atom. The lowest BCUT2D eigenvalue weighted by atomic mass is 10.2. The molecule has 0 unspecified atom stereocenters. The number of carbonyl (C=O) groups is 2. The smallest absolute Gasteiger partial charge is 0.356 e. The highest BCUT2D eigenvalue weighted by molar-refractivity contribution is 7.99. The molecule has 1 atom stereocenters. The molecule has 3 N–H and O–H groups in total. The van der Waals surface area contributed by atoms with Crippen LogP contribution in [0.25, 0.3) is 10.9 Å². The maximum Gasteiger partial charge on any atom is 0.356 e. The number of aromatic amines is 1. The standard InChI is InChI=1S/C19H25N3O4S/c1-4-26-19(24)17-16(14-11-13(25-3)5-6-15(14)20-17)21-18(23)12(2)22-7-9-27-10-8-22/h5-6,11-12,20H,4,7-10H2,1-3H3,(H,21,23)/p+1/t12-/m0/s1. The zero-order valence-electron chi connectivity index (χ0n) is 15.9. The van der Waals surface area contributed by atoms with Gasteiger partial charge in [0.25, 0.3) is 5.91 Å². The third-order valence-corrected chi connectivity index (χ3v) is 5.86. The van der Waals surface area contributed by atoms with Crippen molar-refractivity contribution in [1.82, 2.24) is 4.98 Å². The molecule has 1 aliphatic heterocycles. The molecular formula is C19H26N3O4S+. The Bertz CT molecular complexity index is 830.